The molecular weight excluding hydrogens is 334 g/mol. The number of nitrogens with zero attached hydrogens (tertiary/aromatic N) is 3. The Hall–Kier alpha value is -3.16. The lowest BCUT2D eigenvalue weighted by atomic mass is 10.0. The first-order valence-electron chi connectivity index (χ1n) is 8.29. The van der Waals surface area contributed by atoms with E-state index in [2.05, 4.69) is 15.5 Å². The molecule has 0 saturated carbocycles. The van der Waals surface area contributed by atoms with Gasteiger partial charge < -0.3 is 4.90 Å². The van der Waals surface area contributed by atoms with E-state index < -0.39 is 6.03 Å². The first-order valence-corrected chi connectivity index (χ1v) is 8.29. The van der Waals surface area contributed by atoms with Gasteiger partial charge in [-0.1, -0.05) is 0 Å². The van der Waals surface area contributed by atoms with E-state index in [0.717, 1.165) is 17.0 Å². The fourth-order valence-corrected chi connectivity index (χ4v) is 3.18. The second-order valence-corrected chi connectivity index (χ2v) is 6.43. The zero-order valence-corrected chi connectivity index (χ0v) is 15.2. The van der Waals surface area contributed by atoms with E-state index in [-0.39, 0.29) is 24.4 Å². The molecule has 2 aromatic rings. The fraction of sp³-hybridized carbons (Fsp3) is 0.333. The molecule has 1 saturated heterocycles. The van der Waals surface area contributed by atoms with Crippen LogP contribution in [0.2, 0.25) is 0 Å². The summed E-state index contributed by atoms with van der Waals surface area (Å²) < 4.78 is 0. The molecule has 26 heavy (non-hydrogen) atoms. The molecule has 1 aromatic carbocycles. The van der Waals surface area contributed by atoms with E-state index in [1.807, 2.05) is 20.8 Å². The maximum absolute atomic E-state index is 12.8. The minimum atomic E-state index is -0.453. The number of urea groups is 1. The minimum absolute atomic E-state index is 0.0118. The van der Waals surface area contributed by atoms with E-state index in [1.165, 1.54) is 4.90 Å². The lowest BCUT2D eigenvalue weighted by Crippen LogP contribution is -2.30. The summed E-state index contributed by atoms with van der Waals surface area (Å²) in [6, 6.07) is 6.06. The number of H-pyrrole nitrogens is 1. The van der Waals surface area contributed by atoms with Gasteiger partial charge in [0.15, 0.2) is 0 Å². The molecule has 8 nitrogen and oxygen atoms in total. The van der Waals surface area contributed by atoms with Crippen molar-refractivity contribution in [3.8, 4) is 0 Å². The number of nitrogens with one attached hydrogen (secondary N) is 2. The van der Waals surface area contributed by atoms with Crippen molar-refractivity contribution in [2.45, 2.75) is 26.8 Å². The van der Waals surface area contributed by atoms with Crippen LogP contribution < -0.4 is 10.2 Å². The highest BCUT2D eigenvalue weighted by Crippen LogP contribution is 2.26. The molecule has 1 aliphatic heterocycles. The van der Waals surface area contributed by atoms with Crippen LogP contribution in [0.5, 0.6) is 0 Å². The topological polar surface area (TPSA) is 98.4 Å². The molecule has 0 bridgehead atoms. The lowest BCUT2D eigenvalue weighted by molar-refractivity contribution is -0.117. The predicted octanol–water partition coefficient (Wildman–Crippen LogP) is 1.92. The second kappa shape index (κ2) is 6.62. The monoisotopic (exact) mass is 355 g/mol. The molecule has 8 heteroatoms. The number of aryl methyl sites for hydroxylation is 2. The van der Waals surface area contributed by atoms with E-state index >= 15 is 0 Å². The molecule has 0 spiro atoms. The van der Waals surface area contributed by atoms with Gasteiger partial charge in [0, 0.05) is 29.6 Å². The van der Waals surface area contributed by atoms with E-state index in [4.69, 9.17) is 0 Å². The second-order valence-electron chi connectivity index (χ2n) is 6.43. The minimum Gasteiger partial charge on any atom is -0.335 e. The molecule has 0 unspecified atom stereocenters. The number of imide groups is 1. The average molecular weight is 355 g/mol. The maximum Gasteiger partial charge on any atom is 0.329 e. The third kappa shape index (κ3) is 3.05. The number of amides is 4. The van der Waals surface area contributed by atoms with Gasteiger partial charge in [0.05, 0.1) is 11.7 Å². The van der Waals surface area contributed by atoms with Crippen LogP contribution in [0, 0.1) is 13.8 Å². The number of hydrogen-bond donors (Lipinski definition) is 2. The van der Waals surface area contributed by atoms with Crippen LogP contribution in [0.25, 0.3) is 0 Å². The van der Waals surface area contributed by atoms with Gasteiger partial charge in [-0.2, -0.15) is 5.10 Å². The first kappa shape index (κ1) is 17.7. The quantitative estimate of drug-likeness (QED) is 0.819. The van der Waals surface area contributed by atoms with Crippen molar-refractivity contribution in [1.29, 1.82) is 0 Å². The number of carbonyl (C=O) groups excluding carboxylic acids is 3. The Morgan fingerprint density at radius 3 is 2.38 bits per heavy atom. The van der Waals surface area contributed by atoms with Crippen molar-refractivity contribution in [2.75, 3.05) is 18.5 Å². The summed E-state index contributed by atoms with van der Waals surface area (Å²) in [7, 11) is 1.75. The third-order valence-electron chi connectivity index (χ3n) is 4.72. The molecule has 3 rings (SSSR count). The molecule has 2 heterocycles. The van der Waals surface area contributed by atoms with Gasteiger partial charge in [-0.25, -0.2) is 4.79 Å². The van der Waals surface area contributed by atoms with Gasteiger partial charge in [0.25, 0.3) is 5.91 Å². The fourth-order valence-electron chi connectivity index (χ4n) is 3.18. The molecule has 0 aliphatic carbocycles. The van der Waals surface area contributed by atoms with E-state index in [9.17, 15) is 14.4 Å². The summed E-state index contributed by atoms with van der Waals surface area (Å²) in [4.78, 5) is 38.8. The maximum atomic E-state index is 12.8. The number of benzene rings is 1. The van der Waals surface area contributed by atoms with Crippen LogP contribution in [-0.2, 0) is 4.79 Å². The van der Waals surface area contributed by atoms with E-state index in [1.54, 1.807) is 36.2 Å². The predicted molar refractivity (Wildman–Crippen MR) is 95.9 cm³/mol. The van der Waals surface area contributed by atoms with E-state index in [0.29, 0.717) is 11.3 Å². The highest BCUT2D eigenvalue weighted by molar-refractivity contribution is 6.12. The number of rotatable bonds is 4. The molecule has 1 atom stereocenters. The van der Waals surface area contributed by atoms with Gasteiger partial charge in [0.1, 0.15) is 6.54 Å². The molecule has 2 N–H and O–H groups in total. The van der Waals surface area contributed by atoms with Crippen molar-refractivity contribution < 1.29 is 14.4 Å². The van der Waals surface area contributed by atoms with Gasteiger partial charge >= 0.3 is 6.03 Å². The van der Waals surface area contributed by atoms with Crippen LogP contribution in [0.4, 0.5) is 10.5 Å². The number of hydrogen-bond acceptors (Lipinski definition) is 4. The Kier molecular flexibility index (Phi) is 4.50. The summed E-state index contributed by atoms with van der Waals surface area (Å²) in [6.45, 7) is 5.78. The molecule has 1 aromatic heterocycles. The van der Waals surface area contributed by atoms with Crippen LogP contribution in [0.1, 0.15) is 40.3 Å². The van der Waals surface area contributed by atoms with Crippen LogP contribution in [0.3, 0.4) is 0 Å². The van der Waals surface area contributed by atoms with Crippen molar-refractivity contribution >= 4 is 23.5 Å². The third-order valence-corrected chi connectivity index (χ3v) is 4.72. The summed E-state index contributed by atoms with van der Waals surface area (Å²) in [6.07, 6.45) is 0. The van der Waals surface area contributed by atoms with Gasteiger partial charge in [0.2, 0.25) is 5.91 Å². The highest BCUT2D eigenvalue weighted by Gasteiger charge is 2.28. The Bertz CT molecular complexity index is 852. The van der Waals surface area contributed by atoms with Crippen LogP contribution in [0.15, 0.2) is 24.3 Å². The Labute approximate surface area is 151 Å². The largest absolute Gasteiger partial charge is 0.335 e. The van der Waals surface area contributed by atoms with Crippen molar-refractivity contribution in [1.82, 2.24) is 20.4 Å². The van der Waals surface area contributed by atoms with Crippen molar-refractivity contribution in [2.24, 2.45) is 0 Å². The zero-order valence-electron chi connectivity index (χ0n) is 15.2. The van der Waals surface area contributed by atoms with Crippen LogP contribution >= 0.6 is 0 Å². The van der Waals surface area contributed by atoms with Gasteiger partial charge in [-0.15, -0.1) is 0 Å². The molecule has 4 amide bonds. The summed E-state index contributed by atoms with van der Waals surface area (Å²) in [5, 5.41) is 9.35. The Balaban J connectivity index is 1.77. The molecule has 1 fully saturated rings. The number of carbonyl (C=O) groups is 3. The summed E-state index contributed by atoms with van der Waals surface area (Å²) in [5.41, 5.74) is 3.89. The number of anilines is 1. The van der Waals surface area contributed by atoms with Gasteiger partial charge in [-0.3, -0.25) is 24.9 Å². The number of aromatic amines is 1. The first-order chi connectivity index (χ1) is 12.3. The molecule has 1 aliphatic rings. The normalized spacial score (nSPS) is 15.2. The Morgan fingerprint density at radius 2 is 1.88 bits per heavy atom. The standard InChI is InChI=1S/C18H21N5O3/c1-10-16(11(2)21-20-10)12(3)22(4)17(25)13-5-7-14(8-6-13)23-9-15(24)19-18(23)26/h5-8,12H,9H2,1-4H3,(H,20,21)(H,19,24,26)/t12-/m1/s1. The van der Waals surface area contributed by atoms with Gasteiger partial charge in [-0.05, 0) is 45.0 Å². The zero-order chi connectivity index (χ0) is 19.0. The molecule has 136 valence electrons. The smallest absolute Gasteiger partial charge is 0.329 e. The van der Waals surface area contributed by atoms with Crippen molar-refractivity contribution in [3.05, 3.63) is 46.8 Å². The molecular formula is C18H21N5O3. The highest BCUT2D eigenvalue weighted by atomic mass is 16.2. The van der Waals surface area contributed by atoms with Crippen molar-refractivity contribution in [3.63, 3.8) is 0 Å². The summed E-state index contributed by atoms with van der Waals surface area (Å²) in [5.74, 6) is -0.472. The van der Waals surface area contributed by atoms with Crippen LogP contribution in [-0.4, -0.2) is 46.5 Å². The lowest BCUT2D eigenvalue weighted by Gasteiger charge is -2.26. The average Bonchev–Trinajstić information content (AvgIpc) is 3.14. The number of aromatic nitrogens is 2. The SMILES string of the molecule is Cc1n[nH]c(C)c1[C@@H](C)N(C)C(=O)c1ccc(N2CC(=O)NC2=O)cc1. The Morgan fingerprint density at radius 1 is 1.23 bits per heavy atom. The molecule has 0 radical (unpaired) electrons. The summed E-state index contributed by atoms with van der Waals surface area (Å²) >= 11 is 0.